The van der Waals surface area contributed by atoms with Gasteiger partial charge in [0.05, 0.1) is 12.7 Å². The second kappa shape index (κ2) is 9.19. The lowest BCUT2D eigenvalue weighted by Gasteiger charge is -2.33. The number of aliphatic hydroxyl groups excluding tert-OH is 1. The summed E-state index contributed by atoms with van der Waals surface area (Å²) in [6.45, 7) is 6.06. The van der Waals surface area contributed by atoms with E-state index in [1.165, 1.54) is 0 Å². The Balaban J connectivity index is 1.52. The molecule has 1 aromatic heterocycles. The standard InChI is InChI=1S/C19H30N4O3/c1-2-26-19(25)22-11-7-16(8-12-22)21-13-15-5-3-9-20-18(15)23-10-4-6-17(24)14-23/h3,5,9,16-17,21,24H,2,4,6-8,10-14H2,1H3. The Hall–Kier alpha value is -1.86. The summed E-state index contributed by atoms with van der Waals surface area (Å²) in [5.74, 6) is 0.975. The summed E-state index contributed by atoms with van der Waals surface area (Å²) in [4.78, 5) is 20.3. The number of carbonyl (C=O) groups excluding carboxylic acids is 1. The number of hydrogen-bond donors (Lipinski definition) is 2. The van der Waals surface area contributed by atoms with Gasteiger partial charge in [0.15, 0.2) is 0 Å². The Labute approximate surface area is 155 Å². The lowest BCUT2D eigenvalue weighted by molar-refractivity contribution is 0.0950. The molecule has 0 bridgehead atoms. The second-order valence-corrected chi connectivity index (χ2v) is 7.07. The maximum absolute atomic E-state index is 11.8. The van der Waals surface area contributed by atoms with E-state index in [-0.39, 0.29) is 12.2 Å². The SMILES string of the molecule is CCOC(=O)N1CCC(NCc2cccnc2N2CCCC(O)C2)CC1. The first-order chi connectivity index (χ1) is 12.7. The van der Waals surface area contributed by atoms with Crippen molar-refractivity contribution in [1.82, 2.24) is 15.2 Å². The number of amides is 1. The number of hydrogen-bond acceptors (Lipinski definition) is 6. The third kappa shape index (κ3) is 4.86. The molecule has 0 aromatic carbocycles. The van der Waals surface area contributed by atoms with E-state index in [0.717, 1.165) is 63.2 Å². The fourth-order valence-corrected chi connectivity index (χ4v) is 3.74. The number of ether oxygens (including phenoxy) is 1. The fraction of sp³-hybridized carbons (Fsp3) is 0.684. The monoisotopic (exact) mass is 362 g/mol. The number of nitrogens with zero attached hydrogens (tertiary/aromatic N) is 3. The maximum Gasteiger partial charge on any atom is 0.409 e. The number of anilines is 1. The summed E-state index contributed by atoms with van der Waals surface area (Å²) in [6.07, 6.45) is 5.07. The van der Waals surface area contributed by atoms with E-state index < -0.39 is 0 Å². The minimum Gasteiger partial charge on any atom is -0.450 e. The van der Waals surface area contributed by atoms with Crippen LogP contribution in [-0.2, 0) is 11.3 Å². The van der Waals surface area contributed by atoms with Crippen LogP contribution in [0.1, 0.15) is 38.2 Å². The fourth-order valence-electron chi connectivity index (χ4n) is 3.74. The highest BCUT2D eigenvalue weighted by atomic mass is 16.6. The van der Waals surface area contributed by atoms with Crippen molar-refractivity contribution < 1.29 is 14.6 Å². The van der Waals surface area contributed by atoms with Crippen molar-refractivity contribution >= 4 is 11.9 Å². The zero-order valence-electron chi connectivity index (χ0n) is 15.6. The van der Waals surface area contributed by atoms with E-state index >= 15 is 0 Å². The predicted molar refractivity (Wildman–Crippen MR) is 100 cm³/mol. The number of likely N-dealkylation sites (tertiary alicyclic amines) is 1. The van der Waals surface area contributed by atoms with Crippen LogP contribution in [0.25, 0.3) is 0 Å². The van der Waals surface area contributed by atoms with Crippen LogP contribution in [0.3, 0.4) is 0 Å². The molecule has 1 amide bonds. The summed E-state index contributed by atoms with van der Waals surface area (Å²) in [5, 5.41) is 13.6. The molecule has 2 aliphatic rings. The molecule has 2 saturated heterocycles. The van der Waals surface area contributed by atoms with Crippen molar-refractivity contribution in [2.45, 2.75) is 51.3 Å². The van der Waals surface area contributed by atoms with Gasteiger partial charge in [0.2, 0.25) is 0 Å². The predicted octanol–water partition coefficient (Wildman–Crippen LogP) is 1.75. The van der Waals surface area contributed by atoms with Crippen LogP contribution in [-0.4, -0.2) is 66.0 Å². The molecule has 1 aromatic rings. The van der Waals surface area contributed by atoms with Crippen molar-refractivity contribution in [3.05, 3.63) is 23.9 Å². The third-order valence-electron chi connectivity index (χ3n) is 5.17. The number of carbonyl (C=O) groups is 1. The van der Waals surface area contributed by atoms with Gasteiger partial charge in [0.1, 0.15) is 5.82 Å². The van der Waals surface area contributed by atoms with Crippen LogP contribution < -0.4 is 10.2 Å². The molecule has 7 nitrogen and oxygen atoms in total. The lowest BCUT2D eigenvalue weighted by Crippen LogP contribution is -2.45. The summed E-state index contributed by atoms with van der Waals surface area (Å²) in [5.41, 5.74) is 1.16. The van der Waals surface area contributed by atoms with Crippen molar-refractivity contribution in [3.8, 4) is 0 Å². The van der Waals surface area contributed by atoms with Gasteiger partial charge < -0.3 is 25.0 Å². The number of aliphatic hydroxyl groups is 1. The first-order valence-corrected chi connectivity index (χ1v) is 9.69. The summed E-state index contributed by atoms with van der Waals surface area (Å²) >= 11 is 0. The average Bonchev–Trinajstić information content (AvgIpc) is 2.67. The topological polar surface area (TPSA) is 77.9 Å². The minimum atomic E-state index is -0.265. The molecule has 0 spiro atoms. The van der Waals surface area contributed by atoms with Crippen LogP contribution in [0.2, 0.25) is 0 Å². The summed E-state index contributed by atoms with van der Waals surface area (Å²) in [6, 6.07) is 4.45. The van der Waals surface area contributed by atoms with Gasteiger partial charge in [-0.1, -0.05) is 6.07 Å². The van der Waals surface area contributed by atoms with Gasteiger partial charge in [-0.2, -0.15) is 0 Å². The number of rotatable bonds is 5. The average molecular weight is 362 g/mol. The van der Waals surface area contributed by atoms with Gasteiger partial charge in [-0.3, -0.25) is 0 Å². The van der Waals surface area contributed by atoms with Gasteiger partial charge >= 0.3 is 6.09 Å². The highest BCUT2D eigenvalue weighted by Crippen LogP contribution is 2.22. The molecule has 1 unspecified atom stereocenters. The number of nitrogens with one attached hydrogen (secondary N) is 1. The Kier molecular flexibility index (Phi) is 6.68. The van der Waals surface area contributed by atoms with Crippen LogP contribution in [0.5, 0.6) is 0 Å². The van der Waals surface area contributed by atoms with Gasteiger partial charge in [-0.25, -0.2) is 9.78 Å². The highest BCUT2D eigenvalue weighted by Gasteiger charge is 2.24. The smallest absolute Gasteiger partial charge is 0.409 e. The molecule has 3 rings (SSSR count). The third-order valence-corrected chi connectivity index (χ3v) is 5.17. The van der Waals surface area contributed by atoms with Crippen molar-refractivity contribution in [2.75, 3.05) is 37.7 Å². The molecule has 2 fully saturated rings. The van der Waals surface area contributed by atoms with Gasteiger partial charge in [0.25, 0.3) is 0 Å². The maximum atomic E-state index is 11.8. The molecule has 2 N–H and O–H groups in total. The van der Waals surface area contributed by atoms with Gasteiger partial charge in [-0.15, -0.1) is 0 Å². The van der Waals surface area contributed by atoms with E-state index in [1.54, 1.807) is 4.90 Å². The van der Waals surface area contributed by atoms with E-state index in [2.05, 4.69) is 21.3 Å². The zero-order chi connectivity index (χ0) is 18.4. The molecule has 3 heterocycles. The molecule has 1 atom stereocenters. The highest BCUT2D eigenvalue weighted by molar-refractivity contribution is 5.67. The van der Waals surface area contributed by atoms with Gasteiger partial charge in [-0.05, 0) is 38.7 Å². The molecular weight excluding hydrogens is 332 g/mol. The Bertz CT molecular complexity index is 590. The van der Waals surface area contributed by atoms with Crippen molar-refractivity contribution in [1.29, 1.82) is 0 Å². The minimum absolute atomic E-state index is 0.204. The van der Waals surface area contributed by atoms with E-state index in [1.807, 2.05) is 19.2 Å². The molecule has 2 aliphatic heterocycles. The Morgan fingerprint density at radius 2 is 2.15 bits per heavy atom. The molecule has 7 heteroatoms. The molecule has 0 radical (unpaired) electrons. The molecule has 0 aliphatic carbocycles. The second-order valence-electron chi connectivity index (χ2n) is 7.07. The first kappa shape index (κ1) is 18.9. The van der Waals surface area contributed by atoms with E-state index in [9.17, 15) is 9.90 Å². The molecule has 144 valence electrons. The zero-order valence-corrected chi connectivity index (χ0v) is 15.6. The van der Waals surface area contributed by atoms with Crippen LogP contribution in [0.4, 0.5) is 10.6 Å². The number of piperidine rings is 2. The molecule has 26 heavy (non-hydrogen) atoms. The number of β-amino-alcohol motifs (C(OH)–C–C–N with tert-alkyl or cyclic N) is 1. The summed E-state index contributed by atoms with van der Waals surface area (Å²) < 4.78 is 5.07. The van der Waals surface area contributed by atoms with Crippen LogP contribution in [0.15, 0.2) is 18.3 Å². The van der Waals surface area contributed by atoms with E-state index in [4.69, 9.17) is 4.74 Å². The van der Waals surface area contributed by atoms with Gasteiger partial charge in [0, 0.05) is 50.5 Å². The van der Waals surface area contributed by atoms with E-state index in [0.29, 0.717) is 19.2 Å². The lowest BCUT2D eigenvalue weighted by atomic mass is 10.0. The number of pyridine rings is 1. The Morgan fingerprint density at radius 3 is 2.88 bits per heavy atom. The van der Waals surface area contributed by atoms with Crippen LogP contribution >= 0.6 is 0 Å². The van der Waals surface area contributed by atoms with Crippen molar-refractivity contribution in [3.63, 3.8) is 0 Å². The van der Waals surface area contributed by atoms with Crippen molar-refractivity contribution in [2.24, 2.45) is 0 Å². The van der Waals surface area contributed by atoms with Crippen LogP contribution in [0, 0.1) is 0 Å². The normalized spacial score (nSPS) is 21.7. The molecular formula is C19H30N4O3. The Morgan fingerprint density at radius 1 is 1.35 bits per heavy atom. The first-order valence-electron chi connectivity index (χ1n) is 9.69. The largest absolute Gasteiger partial charge is 0.450 e. The number of aromatic nitrogens is 1. The molecule has 0 saturated carbocycles. The summed E-state index contributed by atoms with van der Waals surface area (Å²) in [7, 11) is 0. The quantitative estimate of drug-likeness (QED) is 0.831.